The van der Waals surface area contributed by atoms with Crippen molar-refractivity contribution in [3.63, 3.8) is 0 Å². The first kappa shape index (κ1) is 16.1. The van der Waals surface area contributed by atoms with Gasteiger partial charge in [0.1, 0.15) is 29.0 Å². The molecule has 4 nitrogen and oxygen atoms in total. The topological polar surface area (TPSA) is 61.7 Å². The van der Waals surface area contributed by atoms with Crippen molar-refractivity contribution in [2.45, 2.75) is 0 Å². The molecule has 3 aromatic carbocycles. The maximum Gasteiger partial charge on any atom is 0.149 e. The number of nitriles is 1. The van der Waals surface area contributed by atoms with E-state index in [1.165, 1.54) is 0 Å². The minimum absolute atomic E-state index is 0.486. The minimum atomic E-state index is 0.486. The average Bonchev–Trinajstić information content (AvgIpc) is 3.18. The molecule has 4 aromatic rings. The molecule has 1 aliphatic rings. The predicted molar refractivity (Wildman–Crippen MR) is 110 cm³/mol. The third kappa shape index (κ3) is 2.67. The van der Waals surface area contributed by atoms with Gasteiger partial charge in [-0.2, -0.15) is 5.26 Å². The van der Waals surface area contributed by atoms with E-state index >= 15 is 0 Å². The lowest BCUT2D eigenvalue weighted by Gasteiger charge is -2.21. The van der Waals surface area contributed by atoms with Crippen molar-refractivity contribution in [3.05, 3.63) is 102 Å². The summed E-state index contributed by atoms with van der Waals surface area (Å²) in [6.45, 7) is 0. The molecular formula is C24H15N3O. The fourth-order valence-corrected chi connectivity index (χ4v) is 3.40. The summed E-state index contributed by atoms with van der Waals surface area (Å²) in [5.41, 5.74) is 4.84. The van der Waals surface area contributed by atoms with Crippen LogP contribution in [-0.2, 0) is 0 Å². The van der Waals surface area contributed by atoms with Crippen LogP contribution in [0.2, 0.25) is 0 Å². The Morgan fingerprint density at radius 2 is 1.64 bits per heavy atom. The minimum Gasteiger partial charge on any atom is -0.456 e. The van der Waals surface area contributed by atoms with Gasteiger partial charge in [-0.3, -0.25) is 0 Å². The molecule has 0 saturated carbocycles. The van der Waals surface area contributed by atoms with Crippen molar-refractivity contribution in [1.29, 1.82) is 5.26 Å². The van der Waals surface area contributed by atoms with E-state index in [0.717, 1.165) is 33.5 Å². The van der Waals surface area contributed by atoms with Gasteiger partial charge in [0.25, 0.3) is 0 Å². The van der Waals surface area contributed by atoms with Crippen LogP contribution in [0.15, 0.2) is 84.9 Å². The van der Waals surface area contributed by atoms with E-state index in [4.69, 9.17) is 4.74 Å². The van der Waals surface area contributed by atoms with Crippen molar-refractivity contribution in [1.82, 2.24) is 9.97 Å². The van der Waals surface area contributed by atoms with Gasteiger partial charge in [0.2, 0.25) is 0 Å². The number of imidazole rings is 1. The summed E-state index contributed by atoms with van der Waals surface area (Å²) in [5.74, 6) is 1.99. The smallest absolute Gasteiger partial charge is 0.149 e. The summed E-state index contributed by atoms with van der Waals surface area (Å²) in [5, 5.41) is 10.0. The molecule has 5 rings (SSSR count). The fourth-order valence-electron chi connectivity index (χ4n) is 3.40. The molecular weight excluding hydrogens is 346 g/mol. The Bertz CT molecular complexity index is 1260. The summed E-state index contributed by atoms with van der Waals surface area (Å²) in [4.78, 5) is 7.89. The second kappa shape index (κ2) is 6.57. The fraction of sp³-hybridized carbons (Fsp3) is 0. The van der Waals surface area contributed by atoms with E-state index in [0.29, 0.717) is 17.2 Å². The Hall–Kier alpha value is -4.10. The molecule has 0 spiro atoms. The standard InChI is InChI=1S/C24H15N3O/c25-15-19(24-26-20-11-5-6-12-21(20)27-24)18-14-23(16-8-2-1-3-9-16)28-22-13-7-4-10-17(18)22/h1-14H,(H,26,27). The van der Waals surface area contributed by atoms with Gasteiger partial charge in [0.05, 0.1) is 11.0 Å². The quantitative estimate of drug-likeness (QED) is 0.484. The Morgan fingerprint density at radius 1 is 0.893 bits per heavy atom. The molecule has 0 unspecified atom stereocenters. The number of ether oxygens (including phenoxy) is 1. The van der Waals surface area contributed by atoms with Crippen LogP contribution < -0.4 is 4.74 Å². The number of allylic oxidation sites excluding steroid dienone is 3. The van der Waals surface area contributed by atoms with Crippen molar-refractivity contribution in [2.24, 2.45) is 0 Å². The van der Waals surface area contributed by atoms with Crippen LogP contribution in [0.1, 0.15) is 17.0 Å². The van der Waals surface area contributed by atoms with Crippen molar-refractivity contribution in [2.75, 3.05) is 0 Å². The number of hydrogen-bond acceptors (Lipinski definition) is 3. The van der Waals surface area contributed by atoms with E-state index in [1.54, 1.807) is 0 Å². The number of nitrogens with one attached hydrogen (secondary N) is 1. The molecule has 1 N–H and O–H groups in total. The van der Waals surface area contributed by atoms with Crippen molar-refractivity contribution in [3.8, 4) is 11.8 Å². The van der Waals surface area contributed by atoms with Crippen LogP contribution >= 0.6 is 0 Å². The molecule has 0 amide bonds. The highest BCUT2D eigenvalue weighted by molar-refractivity contribution is 6.05. The Morgan fingerprint density at radius 3 is 2.46 bits per heavy atom. The highest BCUT2D eigenvalue weighted by Crippen LogP contribution is 2.40. The number of benzene rings is 3. The second-order valence-corrected chi connectivity index (χ2v) is 6.48. The Labute approximate surface area is 162 Å². The van der Waals surface area contributed by atoms with E-state index in [-0.39, 0.29) is 0 Å². The zero-order valence-electron chi connectivity index (χ0n) is 14.9. The maximum absolute atomic E-state index is 10.0. The second-order valence-electron chi connectivity index (χ2n) is 6.48. The molecule has 0 saturated heterocycles. The van der Waals surface area contributed by atoms with E-state index in [9.17, 15) is 5.26 Å². The van der Waals surface area contributed by atoms with Crippen LogP contribution in [0.25, 0.3) is 27.9 Å². The maximum atomic E-state index is 10.0. The van der Waals surface area contributed by atoms with Crippen LogP contribution in [0.5, 0.6) is 5.75 Å². The van der Waals surface area contributed by atoms with Gasteiger partial charge in [0.15, 0.2) is 0 Å². The lowest BCUT2D eigenvalue weighted by Crippen LogP contribution is -2.05. The number of aromatic amines is 1. The molecule has 4 heteroatoms. The molecule has 0 radical (unpaired) electrons. The largest absolute Gasteiger partial charge is 0.456 e. The normalized spacial score (nSPS) is 14.6. The number of hydrogen-bond donors (Lipinski definition) is 1. The summed E-state index contributed by atoms with van der Waals surface area (Å²) in [7, 11) is 0. The van der Waals surface area contributed by atoms with Gasteiger partial charge in [0, 0.05) is 16.7 Å². The summed E-state index contributed by atoms with van der Waals surface area (Å²) in [6.07, 6.45) is 1.92. The zero-order valence-corrected chi connectivity index (χ0v) is 14.9. The summed E-state index contributed by atoms with van der Waals surface area (Å²) in [6, 6.07) is 27.7. The number of para-hydroxylation sites is 3. The predicted octanol–water partition coefficient (Wildman–Crippen LogP) is 5.43. The molecule has 2 heterocycles. The molecule has 0 atom stereocenters. The molecule has 1 aliphatic heterocycles. The monoisotopic (exact) mass is 361 g/mol. The molecule has 0 bridgehead atoms. The van der Waals surface area contributed by atoms with Gasteiger partial charge in [-0.15, -0.1) is 0 Å². The molecule has 0 aliphatic carbocycles. The number of rotatable bonds is 2. The van der Waals surface area contributed by atoms with Gasteiger partial charge < -0.3 is 9.72 Å². The first-order valence-electron chi connectivity index (χ1n) is 8.97. The highest BCUT2D eigenvalue weighted by Gasteiger charge is 2.22. The lowest BCUT2D eigenvalue weighted by atomic mass is 9.95. The third-order valence-electron chi connectivity index (χ3n) is 4.74. The molecule has 28 heavy (non-hydrogen) atoms. The number of H-pyrrole nitrogens is 1. The SMILES string of the molecule is N#CC(=C1C=C(c2ccccc2)Oc2ccccc21)c1nc2ccccc2[nH]1. The Kier molecular flexibility index (Phi) is 3.78. The first-order valence-corrected chi connectivity index (χ1v) is 8.97. The molecule has 132 valence electrons. The van der Waals surface area contributed by atoms with Gasteiger partial charge in [-0.25, -0.2) is 4.98 Å². The van der Waals surface area contributed by atoms with Gasteiger partial charge >= 0.3 is 0 Å². The lowest BCUT2D eigenvalue weighted by molar-refractivity contribution is 0.509. The number of fused-ring (bicyclic) bond motifs is 2. The van der Waals surface area contributed by atoms with Crippen molar-refractivity contribution < 1.29 is 4.74 Å². The number of nitrogens with zero attached hydrogens (tertiary/aromatic N) is 2. The van der Waals surface area contributed by atoms with Crippen LogP contribution in [-0.4, -0.2) is 9.97 Å². The third-order valence-corrected chi connectivity index (χ3v) is 4.74. The molecule has 0 fully saturated rings. The first-order chi connectivity index (χ1) is 13.8. The van der Waals surface area contributed by atoms with E-state index in [1.807, 2.05) is 84.9 Å². The van der Waals surface area contributed by atoms with Crippen molar-refractivity contribution >= 4 is 27.9 Å². The summed E-state index contributed by atoms with van der Waals surface area (Å²) < 4.78 is 6.12. The van der Waals surface area contributed by atoms with E-state index in [2.05, 4.69) is 16.0 Å². The van der Waals surface area contributed by atoms with Crippen LogP contribution in [0, 0.1) is 11.3 Å². The highest BCUT2D eigenvalue weighted by atomic mass is 16.5. The zero-order chi connectivity index (χ0) is 18.9. The summed E-state index contributed by atoms with van der Waals surface area (Å²) >= 11 is 0. The van der Waals surface area contributed by atoms with Crippen LogP contribution in [0.4, 0.5) is 0 Å². The Balaban J connectivity index is 1.76. The van der Waals surface area contributed by atoms with Gasteiger partial charge in [-0.05, 0) is 24.3 Å². The van der Waals surface area contributed by atoms with E-state index < -0.39 is 0 Å². The number of aromatic nitrogens is 2. The average molecular weight is 361 g/mol. The van der Waals surface area contributed by atoms with Gasteiger partial charge in [-0.1, -0.05) is 60.7 Å². The van der Waals surface area contributed by atoms with Crippen LogP contribution in [0.3, 0.4) is 0 Å². The molecule has 1 aromatic heterocycles.